The van der Waals surface area contributed by atoms with E-state index in [0.717, 1.165) is 54.3 Å². The molecule has 0 radical (unpaired) electrons. The second-order valence-corrected chi connectivity index (χ2v) is 8.46. The van der Waals surface area contributed by atoms with Gasteiger partial charge in [-0.25, -0.2) is 4.79 Å². The highest BCUT2D eigenvalue weighted by atomic mass is 35.5. The Balaban J connectivity index is 1.88. The van der Waals surface area contributed by atoms with E-state index >= 15 is 0 Å². The molecule has 1 saturated heterocycles. The van der Waals surface area contributed by atoms with E-state index in [1.54, 1.807) is 10.6 Å². The molecule has 1 aromatic heterocycles. The van der Waals surface area contributed by atoms with Crippen molar-refractivity contribution < 1.29 is 9.90 Å². The van der Waals surface area contributed by atoms with Crippen LogP contribution in [-0.2, 0) is 0 Å². The van der Waals surface area contributed by atoms with Crippen molar-refractivity contribution in [1.29, 1.82) is 0 Å². The lowest BCUT2D eigenvalue weighted by atomic mass is 10.1. The zero-order valence-electron chi connectivity index (χ0n) is 16.2. The first kappa shape index (κ1) is 19.3. The maximum Gasteiger partial charge on any atom is 0.355 e. The molecule has 4 nitrogen and oxygen atoms in total. The summed E-state index contributed by atoms with van der Waals surface area (Å²) in [6, 6.07) is 17.6. The Morgan fingerprint density at radius 2 is 1.63 bits per heavy atom. The summed E-state index contributed by atoms with van der Waals surface area (Å²) < 4.78 is 1.80. The smallest absolute Gasteiger partial charge is 0.355 e. The molecular weight excluding hydrogens is 419 g/mol. The molecule has 0 aliphatic carbocycles. The van der Waals surface area contributed by atoms with Crippen LogP contribution < -0.4 is 4.90 Å². The molecule has 1 aliphatic heterocycles. The minimum Gasteiger partial charge on any atom is -0.476 e. The summed E-state index contributed by atoms with van der Waals surface area (Å²) in [6.07, 6.45) is 3.20. The molecule has 3 aromatic carbocycles. The molecule has 5 rings (SSSR count). The van der Waals surface area contributed by atoms with Crippen molar-refractivity contribution in [3.05, 3.63) is 70.3 Å². The Hall–Kier alpha value is -2.69. The second-order valence-electron chi connectivity index (χ2n) is 7.67. The second kappa shape index (κ2) is 7.53. The summed E-state index contributed by atoms with van der Waals surface area (Å²) in [7, 11) is 0. The van der Waals surface area contributed by atoms with Gasteiger partial charge in [0.05, 0.1) is 21.2 Å². The van der Waals surface area contributed by atoms with E-state index in [1.807, 2.05) is 48.5 Å². The zero-order chi connectivity index (χ0) is 20.8. The molecule has 1 aliphatic rings. The third kappa shape index (κ3) is 3.03. The number of aromatic carboxylic acids is 1. The van der Waals surface area contributed by atoms with Crippen LogP contribution in [0.15, 0.2) is 54.6 Å². The molecule has 0 unspecified atom stereocenters. The molecule has 0 atom stereocenters. The Bertz CT molecular complexity index is 1290. The third-order valence-corrected chi connectivity index (χ3v) is 6.67. The Labute approximate surface area is 184 Å². The van der Waals surface area contributed by atoms with Gasteiger partial charge in [-0.05, 0) is 54.3 Å². The highest BCUT2D eigenvalue weighted by Crippen LogP contribution is 2.44. The van der Waals surface area contributed by atoms with Crippen LogP contribution in [0.3, 0.4) is 0 Å². The SMILES string of the molecule is O=C(O)c1c(N2CCCCC2)c2c(Cl)c(Cl)ccc2n1-c1ccc2ccccc2c1. The van der Waals surface area contributed by atoms with Crippen LogP contribution in [0.4, 0.5) is 5.69 Å². The van der Waals surface area contributed by atoms with Crippen molar-refractivity contribution in [3.8, 4) is 5.69 Å². The zero-order valence-corrected chi connectivity index (χ0v) is 17.7. The number of halogens is 2. The first-order chi connectivity index (χ1) is 14.6. The van der Waals surface area contributed by atoms with Gasteiger partial charge in [-0.2, -0.15) is 0 Å². The Morgan fingerprint density at radius 1 is 0.900 bits per heavy atom. The van der Waals surface area contributed by atoms with E-state index in [0.29, 0.717) is 21.1 Å². The molecule has 6 heteroatoms. The first-order valence-electron chi connectivity index (χ1n) is 10.1. The first-order valence-corrected chi connectivity index (χ1v) is 10.8. The molecule has 30 heavy (non-hydrogen) atoms. The third-order valence-electron chi connectivity index (χ3n) is 5.86. The number of anilines is 1. The fourth-order valence-electron chi connectivity index (χ4n) is 4.50. The summed E-state index contributed by atoms with van der Waals surface area (Å²) in [4.78, 5) is 14.7. The predicted octanol–water partition coefficient (Wildman–Crippen LogP) is 6.78. The summed E-state index contributed by atoms with van der Waals surface area (Å²) in [5, 5.41) is 14.0. The lowest BCUT2D eigenvalue weighted by Crippen LogP contribution is -2.30. The van der Waals surface area contributed by atoms with Gasteiger partial charge in [0.2, 0.25) is 0 Å². The average molecular weight is 439 g/mol. The fourth-order valence-corrected chi connectivity index (χ4v) is 4.91. The van der Waals surface area contributed by atoms with Crippen LogP contribution in [-0.4, -0.2) is 28.7 Å². The molecule has 152 valence electrons. The molecule has 0 amide bonds. The van der Waals surface area contributed by atoms with Gasteiger partial charge in [0.25, 0.3) is 0 Å². The number of carboxylic acid groups (broad SMARTS) is 1. The number of piperidine rings is 1. The number of nitrogens with zero attached hydrogens (tertiary/aromatic N) is 2. The summed E-state index contributed by atoms with van der Waals surface area (Å²) >= 11 is 13.0. The van der Waals surface area contributed by atoms with Gasteiger partial charge in [-0.1, -0.05) is 53.5 Å². The van der Waals surface area contributed by atoms with Crippen LogP contribution in [0.2, 0.25) is 10.0 Å². The molecule has 4 aromatic rings. The number of aromatic nitrogens is 1. The number of rotatable bonds is 3. The standard InChI is InChI=1S/C24H20Cl2N2O2/c25-18-10-11-19-20(21(18)26)22(27-12-4-1-5-13-27)23(24(29)30)28(19)17-9-8-15-6-2-3-7-16(15)14-17/h2-3,6-11,14H,1,4-5,12-13H2,(H,29,30). The number of hydrogen-bond acceptors (Lipinski definition) is 2. The molecule has 0 saturated carbocycles. The largest absolute Gasteiger partial charge is 0.476 e. The van der Waals surface area contributed by atoms with Crippen molar-refractivity contribution in [2.24, 2.45) is 0 Å². The molecule has 0 bridgehead atoms. The van der Waals surface area contributed by atoms with Gasteiger partial charge >= 0.3 is 5.97 Å². The minimum atomic E-state index is -0.980. The van der Waals surface area contributed by atoms with E-state index in [2.05, 4.69) is 4.90 Å². The fraction of sp³-hybridized carbons (Fsp3) is 0.208. The van der Waals surface area contributed by atoms with Crippen LogP contribution in [0.5, 0.6) is 0 Å². The lowest BCUT2D eigenvalue weighted by molar-refractivity contribution is 0.0689. The molecular formula is C24H20Cl2N2O2. The quantitative estimate of drug-likeness (QED) is 0.383. The predicted molar refractivity (Wildman–Crippen MR) is 124 cm³/mol. The average Bonchev–Trinajstić information content (AvgIpc) is 3.13. The van der Waals surface area contributed by atoms with Gasteiger partial charge in [-0.3, -0.25) is 0 Å². The van der Waals surface area contributed by atoms with Crippen LogP contribution in [0, 0.1) is 0 Å². The van der Waals surface area contributed by atoms with Crippen molar-refractivity contribution in [2.45, 2.75) is 19.3 Å². The lowest BCUT2D eigenvalue weighted by Gasteiger charge is -2.29. The number of carboxylic acids is 1. The van der Waals surface area contributed by atoms with Crippen molar-refractivity contribution >= 4 is 56.5 Å². The number of benzene rings is 3. The van der Waals surface area contributed by atoms with E-state index in [1.165, 1.54) is 0 Å². The number of hydrogen-bond donors (Lipinski definition) is 1. The van der Waals surface area contributed by atoms with Crippen molar-refractivity contribution in [1.82, 2.24) is 4.57 Å². The van der Waals surface area contributed by atoms with Crippen LogP contribution >= 0.6 is 23.2 Å². The van der Waals surface area contributed by atoms with E-state index in [9.17, 15) is 9.90 Å². The van der Waals surface area contributed by atoms with E-state index in [4.69, 9.17) is 23.2 Å². The maximum absolute atomic E-state index is 12.6. The highest BCUT2D eigenvalue weighted by Gasteiger charge is 2.30. The highest BCUT2D eigenvalue weighted by molar-refractivity contribution is 6.46. The monoisotopic (exact) mass is 438 g/mol. The summed E-state index contributed by atoms with van der Waals surface area (Å²) in [6.45, 7) is 1.61. The molecule has 2 heterocycles. The summed E-state index contributed by atoms with van der Waals surface area (Å²) in [5.74, 6) is -0.980. The normalized spacial score (nSPS) is 14.5. The molecule has 1 fully saturated rings. The van der Waals surface area contributed by atoms with E-state index < -0.39 is 5.97 Å². The van der Waals surface area contributed by atoms with Crippen LogP contribution in [0.25, 0.3) is 27.4 Å². The van der Waals surface area contributed by atoms with E-state index in [-0.39, 0.29) is 5.69 Å². The summed E-state index contributed by atoms with van der Waals surface area (Å²) in [5.41, 5.74) is 2.43. The Morgan fingerprint density at radius 3 is 2.37 bits per heavy atom. The van der Waals surface area contributed by atoms with Gasteiger partial charge in [-0.15, -0.1) is 0 Å². The molecule has 1 N–H and O–H groups in total. The number of carbonyl (C=O) groups is 1. The van der Waals surface area contributed by atoms with Crippen LogP contribution in [0.1, 0.15) is 29.8 Å². The molecule has 0 spiro atoms. The maximum atomic E-state index is 12.6. The van der Waals surface area contributed by atoms with Gasteiger partial charge in [0.1, 0.15) is 0 Å². The van der Waals surface area contributed by atoms with Gasteiger partial charge < -0.3 is 14.6 Å². The minimum absolute atomic E-state index is 0.228. The number of fused-ring (bicyclic) bond motifs is 2. The topological polar surface area (TPSA) is 45.5 Å². The van der Waals surface area contributed by atoms with Crippen molar-refractivity contribution in [2.75, 3.05) is 18.0 Å². The van der Waals surface area contributed by atoms with Gasteiger partial charge in [0.15, 0.2) is 5.69 Å². The Kier molecular flexibility index (Phi) is 4.84. The van der Waals surface area contributed by atoms with Gasteiger partial charge in [0, 0.05) is 24.2 Å². The van der Waals surface area contributed by atoms with Crippen molar-refractivity contribution in [3.63, 3.8) is 0 Å².